The molecule has 1 N–H and O–H groups in total. The highest BCUT2D eigenvalue weighted by Crippen LogP contribution is 2.21. The summed E-state index contributed by atoms with van der Waals surface area (Å²) in [5.74, 6) is -0.717. The number of nitrogens with zero attached hydrogens (tertiary/aromatic N) is 1. The van der Waals surface area contributed by atoms with E-state index in [0.717, 1.165) is 11.3 Å². The molecule has 1 amide bonds. The summed E-state index contributed by atoms with van der Waals surface area (Å²) in [6.07, 6.45) is 1.33. The van der Waals surface area contributed by atoms with Gasteiger partial charge in [-0.15, -0.1) is 11.3 Å². The number of carbonyl (C=O) groups excluding carboxylic acids is 1. The fourth-order valence-electron chi connectivity index (χ4n) is 1.36. The molecule has 0 unspecified atom stereocenters. The molecule has 0 spiro atoms. The molecule has 19 heavy (non-hydrogen) atoms. The highest BCUT2D eigenvalue weighted by Gasteiger charge is 2.22. The van der Waals surface area contributed by atoms with Crippen LogP contribution in [0, 0.1) is 6.92 Å². The first-order chi connectivity index (χ1) is 8.90. The fraction of sp³-hybridized carbons (Fsp3) is 0.0909. The van der Waals surface area contributed by atoms with Crippen LogP contribution in [0.5, 0.6) is 0 Å². The standard InChI is InChI=1S/C11H9ClN2O3S2/c1-7-13-6-9(18-7)11(15)14-19(16,17)10-5-3-2-4-8(10)12/h2-6H,1H3,(H,14,15). The van der Waals surface area contributed by atoms with Crippen molar-refractivity contribution in [1.29, 1.82) is 0 Å². The van der Waals surface area contributed by atoms with Crippen molar-refractivity contribution in [2.24, 2.45) is 0 Å². The number of aryl methyl sites for hydroxylation is 1. The number of sulfonamides is 1. The Morgan fingerprint density at radius 1 is 1.37 bits per heavy atom. The molecule has 1 aromatic carbocycles. The summed E-state index contributed by atoms with van der Waals surface area (Å²) in [5.41, 5.74) is 0. The van der Waals surface area contributed by atoms with Gasteiger partial charge in [0.05, 0.1) is 16.2 Å². The van der Waals surface area contributed by atoms with E-state index in [1.165, 1.54) is 24.4 Å². The van der Waals surface area contributed by atoms with Crippen LogP contribution in [0.2, 0.25) is 5.02 Å². The molecule has 0 saturated carbocycles. The predicted octanol–water partition coefficient (Wildman–Crippen LogP) is 2.22. The highest BCUT2D eigenvalue weighted by atomic mass is 35.5. The second-order valence-electron chi connectivity index (χ2n) is 3.61. The summed E-state index contributed by atoms with van der Waals surface area (Å²) in [5, 5.41) is 0.739. The first-order valence-electron chi connectivity index (χ1n) is 5.14. The van der Waals surface area contributed by atoms with E-state index in [0.29, 0.717) is 5.01 Å². The van der Waals surface area contributed by atoms with Crippen molar-refractivity contribution in [3.05, 3.63) is 45.4 Å². The molecule has 5 nitrogen and oxygen atoms in total. The van der Waals surface area contributed by atoms with Gasteiger partial charge in [0.25, 0.3) is 15.9 Å². The Morgan fingerprint density at radius 2 is 2.05 bits per heavy atom. The monoisotopic (exact) mass is 316 g/mol. The number of amides is 1. The zero-order valence-electron chi connectivity index (χ0n) is 9.75. The normalized spacial score (nSPS) is 11.3. The van der Waals surface area contributed by atoms with Crippen LogP contribution in [0.4, 0.5) is 0 Å². The molecule has 0 saturated heterocycles. The van der Waals surface area contributed by atoms with Gasteiger partial charge in [0.2, 0.25) is 0 Å². The molecule has 0 fully saturated rings. The topological polar surface area (TPSA) is 76.1 Å². The van der Waals surface area contributed by atoms with Gasteiger partial charge < -0.3 is 0 Å². The lowest BCUT2D eigenvalue weighted by molar-refractivity contribution is 0.0985. The van der Waals surface area contributed by atoms with Crippen molar-refractivity contribution < 1.29 is 13.2 Å². The number of halogens is 1. The number of aromatic nitrogens is 1. The van der Waals surface area contributed by atoms with E-state index in [1.807, 2.05) is 4.72 Å². The van der Waals surface area contributed by atoms with Crippen LogP contribution >= 0.6 is 22.9 Å². The van der Waals surface area contributed by atoms with E-state index in [9.17, 15) is 13.2 Å². The molecule has 0 bridgehead atoms. The first-order valence-corrected chi connectivity index (χ1v) is 7.82. The number of benzene rings is 1. The average molecular weight is 317 g/mol. The van der Waals surface area contributed by atoms with Gasteiger partial charge in [0.1, 0.15) is 9.77 Å². The SMILES string of the molecule is Cc1ncc(C(=O)NS(=O)(=O)c2ccccc2Cl)s1. The number of nitrogens with one attached hydrogen (secondary N) is 1. The van der Waals surface area contributed by atoms with Crippen molar-refractivity contribution in [3.63, 3.8) is 0 Å². The van der Waals surface area contributed by atoms with Gasteiger partial charge in [-0.25, -0.2) is 18.1 Å². The fourth-order valence-corrected chi connectivity index (χ4v) is 3.58. The zero-order valence-corrected chi connectivity index (χ0v) is 12.1. The highest BCUT2D eigenvalue weighted by molar-refractivity contribution is 7.90. The molecule has 8 heteroatoms. The lowest BCUT2D eigenvalue weighted by Gasteiger charge is -2.06. The zero-order chi connectivity index (χ0) is 14.0. The Bertz CT molecular complexity index is 725. The Kier molecular flexibility index (Phi) is 3.88. The van der Waals surface area contributed by atoms with Gasteiger partial charge in [-0.1, -0.05) is 23.7 Å². The summed E-state index contributed by atoms with van der Waals surface area (Å²) in [6, 6.07) is 5.91. The van der Waals surface area contributed by atoms with Gasteiger partial charge in [0, 0.05) is 0 Å². The van der Waals surface area contributed by atoms with Gasteiger partial charge in [0.15, 0.2) is 0 Å². The summed E-state index contributed by atoms with van der Waals surface area (Å²) in [7, 11) is -3.98. The predicted molar refractivity (Wildman–Crippen MR) is 73.0 cm³/mol. The minimum atomic E-state index is -3.98. The molecule has 0 atom stereocenters. The molecule has 1 aromatic heterocycles. The van der Waals surface area contributed by atoms with Crippen molar-refractivity contribution in [3.8, 4) is 0 Å². The van der Waals surface area contributed by atoms with Crippen molar-refractivity contribution in [2.45, 2.75) is 11.8 Å². The maximum Gasteiger partial charge on any atom is 0.276 e. The molecular weight excluding hydrogens is 308 g/mol. The number of hydrogen-bond acceptors (Lipinski definition) is 5. The maximum absolute atomic E-state index is 12.0. The average Bonchev–Trinajstić information content (AvgIpc) is 2.76. The van der Waals surface area contributed by atoms with Crippen LogP contribution in [-0.2, 0) is 10.0 Å². The Hall–Kier alpha value is -1.44. The van der Waals surface area contributed by atoms with Crippen LogP contribution < -0.4 is 4.72 Å². The van der Waals surface area contributed by atoms with Crippen LogP contribution in [-0.4, -0.2) is 19.3 Å². The Labute approximate surface area is 119 Å². The largest absolute Gasteiger partial charge is 0.276 e. The van der Waals surface area contributed by atoms with E-state index in [1.54, 1.807) is 13.0 Å². The molecule has 2 rings (SSSR count). The Balaban J connectivity index is 2.28. The summed E-state index contributed by atoms with van der Waals surface area (Å²) in [6.45, 7) is 1.73. The van der Waals surface area contributed by atoms with Crippen molar-refractivity contribution in [2.75, 3.05) is 0 Å². The Morgan fingerprint density at radius 3 is 2.63 bits per heavy atom. The van der Waals surface area contributed by atoms with Gasteiger partial charge in [-0.3, -0.25) is 4.79 Å². The molecule has 100 valence electrons. The van der Waals surface area contributed by atoms with Crippen molar-refractivity contribution >= 4 is 38.9 Å². The third-order valence-electron chi connectivity index (χ3n) is 2.20. The second-order valence-corrected chi connectivity index (χ2v) is 6.90. The molecule has 1 heterocycles. The van der Waals surface area contributed by atoms with Gasteiger partial charge in [-0.05, 0) is 19.1 Å². The van der Waals surface area contributed by atoms with E-state index < -0.39 is 15.9 Å². The van der Waals surface area contributed by atoms with Crippen LogP contribution in [0.3, 0.4) is 0 Å². The quantitative estimate of drug-likeness (QED) is 0.942. The molecule has 2 aromatic rings. The maximum atomic E-state index is 12.0. The van der Waals surface area contributed by atoms with Crippen LogP contribution in [0.1, 0.15) is 14.7 Å². The third-order valence-corrected chi connectivity index (χ3v) is 4.94. The van der Waals surface area contributed by atoms with E-state index in [2.05, 4.69) is 4.98 Å². The number of carbonyl (C=O) groups is 1. The summed E-state index contributed by atoms with van der Waals surface area (Å²) in [4.78, 5) is 15.8. The van der Waals surface area contributed by atoms with Crippen LogP contribution in [0.25, 0.3) is 0 Å². The first kappa shape index (κ1) is 14.0. The van der Waals surface area contributed by atoms with Crippen molar-refractivity contribution in [1.82, 2.24) is 9.71 Å². The molecule has 0 aliphatic carbocycles. The smallest absolute Gasteiger partial charge is 0.267 e. The number of thiazole rings is 1. The van der Waals surface area contributed by atoms with Crippen LogP contribution in [0.15, 0.2) is 35.4 Å². The molecular formula is C11H9ClN2O3S2. The van der Waals surface area contributed by atoms with E-state index in [-0.39, 0.29) is 14.8 Å². The molecule has 0 aliphatic heterocycles. The third kappa shape index (κ3) is 3.12. The summed E-state index contributed by atoms with van der Waals surface area (Å²) < 4.78 is 26.0. The lowest BCUT2D eigenvalue weighted by Crippen LogP contribution is -2.30. The minimum absolute atomic E-state index is 0.0586. The van der Waals surface area contributed by atoms with E-state index in [4.69, 9.17) is 11.6 Å². The number of rotatable bonds is 3. The van der Waals surface area contributed by atoms with Gasteiger partial charge in [-0.2, -0.15) is 0 Å². The lowest BCUT2D eigenvalue weighted by atomic mass is 10.4. The minimum Gasteiger partial charge on any atom is -0.267 e. The molecule has 0 aliphatic rings. The van der Waals surface area contributed by atoms with Gasteiger partial charge >= 0.3 is 0 Å². The van der Waals surface area contributed by atoms with E-state index >= 15 is 0 Å². The second kappa shape index (κ2) is 5.28. The molecule has 0 radical (unpaired) electrons. The summed E-state index contributed by atoms with van der Waals surface area (Å²) >= 11 is 6.92. The number of hydrogen-bond donors (Lipinski definition) is 1.